The molecule has 0 saturated carbocycles. The molecule has 0 aromatic heterocycles. The molecule has 7 heteroatoms. The number of benzene rings is 1. The number of rotatable bonds is 7. The van der Waals surface area contributed by atoms with Gasteiger partial charge in [0.05, 0.1) is 17.0 Å². The summed E-state index contributed by atoms with van der Waals surface area (Å²) < 4.78 is 13.2. The predicted molar refractivity (Wildman–Crippen MR) is 72.7 cm³/mol. The minimum atomic E-state index is -0.668. The van der Waals surface area contributed by atoms with Crippen molar-refractivity contribution >= 4 is 11.6 Å². The summed E-state index contributed by atoms with van der Waals surface area (Å²) in [6.07, 6.45) is 0.842. The van der Waals surface area contributed by atoms with Crippen molar-refractivity contribution in [2.75, 3.05) is 6.54 Å². The van der Waals surface area contributed by atoms with Crippen LogP contribution in [0.1, 0.15) is 25.8 Å². The first-order valence-corrected chi connectivity index (χ1v) is 6.39. The summed E-state index contributed by atoms with van der Waals surface area (Å²) in [6, 6.07) is 2.90. The molecule has 2 N–H and O–H groups in total. The second-order valence-corrected chi connectivity index (χ2v) is 4.47. The third kappa shape index (κ3) is 4.93. The van der Waals surface area contributed by atoms with Gasteiger partial charge in [-0.3, -0.25) is 14.9 Å². The maximum Gasteiger partial charge on any atom is 0.272 e. The Morgan fingerprint density at radius 3 is 2.75 bits per heavy atom. The summed E-state index contributed by atoms with van der Waals surface area (Å²) in [6.45, 7) is 4.40. The highest BCUT2D eigenvalue weighted by Gasteiger charge is 2.13. The molecule has 20 heavy (non-hydrogen) atoms. The standard InChI is InChI=1S/C13H18FN3O3/c1-3-4-15-13(18)9(2)16-8-10-5-11(14)7-12(6-10)17(19)20/h5-7,9,16H,3-4,8H2,1-2H3,(H,15,18). The molecule has 0 bridgehead atoms. The van der Waals surface area contributed by atoms with Crippen LogP contribution >= 0.6 is 0 Å². The Labute approximate surface area is 116 Å². The lowest BCUT2D eigenvalue weighted by Gasteiger charge is -2.13. The molecule has 0 fully saturated rings. The Kier molecular flexibility index (Phi) is 6.05. The van der Waals surface area contributed by atoms with Crippen LogP contribution in [0.25, 0.3) is 0 Å². The van der Waals surface area contributed by atoms with Crippen LogP contribution in [0, 0.1) is 15.9 Å². The Balaban J connectivity index is 2.61. The van der Waals surface area contributed by atoms with Crippen LogP contribution in [0.15, 0.2) is 18.2 Å². The normalized spacial score (nSPS) is 11.9. The van der Waals surface area contributed by atoms with E-state index in [0.29, 0.717) is 12.1 Å². The number of carbonyl (C=O) groups excluding carboxylic acids is 1. The third-order valence-electron chi connectivity index (χ3n) is 2.71. The number of nitrogens with zero attached hydrogens (tertiary/aromatic N) is 1. The number of amides is 1. The molecule has 1 aromatic rings. The molecule has 1 rings (SSSR count). The quantitative estimate of drug-likeness (QED) is 0.589. The van der Waals surface area contributed by atoms with Crippen molar-refractivity contribution in [3.63, 3.8) is 0 Å². The molecule has 0 aliphatic heterocycles. The van der Waals surface area contributed by atoms with Gasteiger partial charge in [-0.25, -0.2) is 4.39 Å². The Bertz CT molecular complexity index is 494. The molecule has 6 nitrogen and oxygen atoms in total. The van der Waals surface area contributed by atoms with E-state index in [1.807, 2.05) is 6.92 Å². The van der Waals surface area contributed by atoms with Crippen molar-refractivity contribution in [3.8, 4) is 0 Å². The van der Waals surface area contributed by atoms with E-state index in [-0.39, 0.29) is 18.1 Å². The number of carbonyl (C=O) groups is 1. The number of nitro benzene ring substituents is 1. The van der Waals surface area contributed by atoms with E-state index in [4.69, 9.17) is 0 Å². The van der Waals surface area contributed by atoms with Crippen LogP contribution < -0.4 is 10.6 Å². The summed E-state index contributed by atoms with van der Waals surface area (Å²) in [4.78, 5) is 21.6. The average Bonchev–Trinajstić information content (AvgIpc) is 2.41. The number of hydrogen-bond donors (Lipinski definition) is 2. The van der Waals surface area contributed by atoms with Crippen LogP contribution in [0.3, 0.4) is 0 Å². The van der Waals surface area contributed by atoms with E-state index in [9.17, 15) is 19.3 Å². The van der Waals surface area contributed by atoms with Crippen LogP contribution in [0.2, 0.25) is 0 Å². The molecule has 110 valence electrons. The number of nitro groups is 1. The molecule has 1 aromatic carbocycles. The fraction of sp³-hybridized carbons (Fsp3) is 0.462. The lowest BCUT2D eigenvalue weighted by atomic mass is 10.2. The fourth-order valence-corrected chi connectivity index (χ4v) is 1.61. The topological polar surface area (TPSA) is 84.3 Å². The van der Waals surface area contributed by atoms with Crippen molar-refractivity contribution in [3.05, 3.63) is 39.7 Å². The SMILES string of the molecule is CCCNC(=O)C(C)NCc1cc(F)cc([N+](=O)[O-])c1. The van der Waals surface area contributed by atoms with Crippen molar-refractivity contribution < 1.29 is 14.1 Å². The third-order valence-corrected chi connectivity index (χ3v) is 2.71. The predicted octanol–water partition coefficient (Wildman–Crippen LogP) is 1.74. The van der Waals surface area contributed by atoms with Gasteiger partial charge in [-0.05, 0) is 25.0 Å². The lowest BCUT2D eigenvalue weighted by Crippen LogP contribution is -2.42. The van der Waals surface area contributed by atoms with E-state index < -0.39 is 16.8 Å². The van der Waals surface area contributed by atoms with Gasteiger partial charge in [0.15, 0.2) is 0 Å². The zero-order valence-corrected chi connectivity index (χ0v) is 11.5. The van der Waals surface area contributed by atoms with Crippen LogP contribution in [-0.4, -0.2) is 23.4 Å². The van der Waals surface area contributed by atoms with Gasteiger partial charge in [0.1, 0.15) is 5.82 Å². The number of halogens is 1. The summed E-state index contributed by atoms with van der Waals surface area (Å²) >= 11 is 0. The van der Waals surface area contributed by atoms with Crippen molar-refractivity contribution in [2.45, 2.75) is 32.9 Å². The molecule has 0 aliphatic rings. The Morgan fingerprint density at radius 1 is 1.45 bits per heavy atom. The molecule has 0 saturated heterocycles. The summed E-state index contributed by atoms with van der Waals surface area (Å²) in [5, 5.41) is 16.2. The first kappa shape index (κ1) is 16.0. The highest BCUT2D eigenvalue weighted by atomic mass is 19.1. The largest absolute Gasteiger partial charge is 0.355 e. The van der Waals surface area contributed by atoms with Gasteiger partial charge in [0.25, 0.3) is 5.69 Å². The zero-order chi connectivity index (χ0) is 15.1. The Hall–Kier alpha value is -2.02. The number of nitrogens with one attached hydrogen (secondary N) is 2. The molecule has 1 amide bonds. The molecule has 0 spiro atoms. The first-order chi connectivity index (χ1) is 9.43. The monoisotopic (exact) mass is 283 g/mol. The van der Waals surface area contributed by atoms with Gasteiger partial charge in [-0.15, -0.1) is 0 Å². The second kappa shape index (κ2) is 7.54. The van der Waals surface area contributed by atoms with Gasteiger partial charge in [-0.1, -0.05) is 6.92 Å². The highest BCUT2D eigenvalue weighted by molar-refractivity contribution is 5.81. The smallest absolute Gasteiger partial charge is 0.272 e. The molecular formula is C13H18FN3O3. The second-order valence-electron chi connectivity index (χ2n) is 4.47. The van der Waals surface area contributed by atoms with Crippen LogP contribution in [-0.2, 0) is 11.3 Å². The van der Waals surface area contributed by atoms with Gasteiger partial charge < -0.3 is 10.6 Å². The van der Waals surface area contributed by atoms with Crippen molar-refractivity contribution in [1.82, 2.24) is 10.6 Å². The molecule has 1 atom stereocenters. The van der Waals surface area contributed by atoms with Crippen LogP contribution in [0.5, 0.6) is 0 Å². The number of hydrogen-bond acceptors (Lipinski definition) is 4. The number of non-ortho nitro benzene ring substituents is 1. The minimum absolute atomic E-state index is 0.155. The zero-order valence-electron chi connectivity index (χ0n) is 11.5. The van der Waals surface area contributed by atoms with E-state index in [0.717, 1.165) is 12.5 Å². The molecule has 0 heterocycles. The Morgan fingerprint density at radius 2 is 2.15 bits per heavy atom. The van der Waals surface area contributed by atoms with E-state index in [1.54, 1.807) is 6.92 Å². The van der Waals surface area contributed by atoms with E-state index >= 15 is 0 Å². The molecule has 1 unspecified atom stereocenters. The highest BCUT2D eigenvalue weighted by Crippen LogP contribution is 2.16. The lowest BCUT2D eigenvalue weighted by molar-refractivity contribution is -0.385. The first-order valence-electron chi connectivity index (χ1n) is 6.39. The maximum atomic E-state index is 13.2. The van der Waals surface area contributed by atoms with Crippen molar-refractivity contribution in [1.29, 1.82) is 0 Å². The fourth-order valence-electron chi connectivity index (χ4n) is 1.61. The molecule has 0 aliphatic carbocycles. The minimum Gasteiger partial charge on any atom is -0.355 e. The van der Waals surface area contributed by atoms with Gasteiger partial charge in [0.2, 0.25) is 5.91 Å². The van der Waals surface area contributed by atoms with Crippen molar-refractivity contribution in [2.24, 2.45) is 0 Å². The van der Waals surface area contributed by atoms with Gasteiger partial charge >= 0.3 is 0 Å². The average molecular weight is 283 g/mol. The van der Waals surface area contributed by atoms with Crippen LogP contribution in [0.4, 0.5) is 10.1 Å². The molecule has 0 radical (unpaired) electrons. The summed E-state index contributed by atoms with van der Waals surface area (Å²) in [5.41, 5.74) is 0.122. The van der Waals surface area contributed by atoms with Gasteiger partial charge in [0, 0.05) is 19.2 Å². The van der Waals surface area contributed by atoms with E-state index in [1.165, 1.54) is 12.1 Å². The molecular weight excluding hydrogens is 265 g/mol. The van der Waals surface area contributed by atoms with E-state index in [2.05, 4.69) is 10.6 Å². The summed E-state index contributed by atoms with van der Waals surface area (Å²) in [7, 11) is 0. The summed E-state index contributed by atoms with van der Waals surface area (Å²) in [5.74, 6) is -0.822. The maximum absolute atomic E-state index is 13.2. The van der Waals surface area contributed by atoms with Gasteiger partial charge in [-0.2, -0.15) is 0 Å².